The molecule has 1 aromatic rings. The summed E-state index contributed by atoms with van der Waals surface area (Å²) in [5.74, 6) is -3.01. The molecule has 4 nitrogen and oxygen atoms in total. The van der Waals surface area contributed by atoms with Crippen LogP contribution in [-0.4, -0.2) is 18.4 Å². The molecule has 0 spiro atoms. The zero-order valence-corrected chi connectivity index (χ0v) is 12.4. The van der Waals surface area contributed by atoms with Gasteiger partial charge in [0.25, 0.3) is 0 Å². The fourth-order valence-electron chi connectivity index (χ4n) is 1.59. The lowest BCUT2D eigenvalue weighted by molar-refractivity contribution is -0.138. The van der Waals surface area contributed by atoms with Crippen LogP contribution < -0.4 is 10.6 Å². The number of carbonyl (C=O) groups excluding carboxylic acids is 2. The third-order valence-electron chi connectivity index (χ3n) is 3.15. The lowest BCUT2D eigenvalue weighted by Gasteiger charge is -2.23. The van der Waals surface area contributed by atoms with Gasteiger partial charge in [-0.2, -0.15) is 0 Å². The van der Waals surface area contributed by atoms with Gasteiger partial charge in [-0.05, 0) is 32.4 Å². The zero-order valence-electron chi connectivity index (χ0n) is 12.4. The fraction of sp³-hybridized carbons (Fsp3) is 0.467. The van der Waals surface area contributed by atoms with Crippen molar-refractivity contribution in [1.29, 1.82) is 0 Å². The number of hydrogen-bond donors (Lipinski definition) is 2. The van der Waals surface area contributed by atoms with Crippen LogP contribution in [0.15, 0.2) is 18.2 Å². The lowest BCUT2D eigenvalue weighted by atomic mass is 9.91. The first-order valence-corrected chi connectivity index (χ1v) is 6.84. The van der Waals surface area contributed by atoms with E-state index in [-0.39, 0.29) is 0 Å². The van der Waals surface area contributed by atoms with Gasteiger partial charge < -0.3 is 10.6 Å². The van der Waals surface area contributed by atoms with Crippen molar-refractivity contribution in [3.63, 3.8) is 0 Å². The highest BCUT2D eigenvalue weighted by Gasteiger charge is 2.36. The first kappa shape index (κ1) is 17.1. The quantitative estimate of drug-likeness (QED) is 0.627. The predicted molar refractivity (Wildman–Crippen MR) is 76.7 cm³/mol. The smallest absolute Gasteiger partial charge is 0.239 e. The molecule has 6 heteroatoms. The van der Waals surface area contributed by atoms with Crippen LogP contribution in [-0.2, 0) is 9.59 Å². The van der Waals surface area contributed by atoms with Gasteiger partial charge >= 0.3 is 0 Å². The Kier molecular flexibility index (Phi) is 5.81. The standard InChI is InChI=1S/C15H20F2N2O2/c1-4-5-9-18-13(20)15(2,3)14(21)19-12-10(16)7-6-8-11(12)17/h6-8H,4-5,9H2,1-3H3,(H,18,20)(H,19,21). The van der Waals surface area contributed by atoms with E-state index in [1.165, 1.54) is 19.9 Å². The van der Waals surface area contributed by atoms with E-state index in [9.17, 15) is 18.4 Å². The van der Waals surface area contributed by atoms with Crippen molar-refractivity contribution >= 4 is 17.5 Å². The number of anilines is 1. The summed E-state index contributed by atoms with van der Waals surface area (Å²) < 4.78 is 27.0. The van der Waals surface area contributed by atoms with Crippen molar-refractivity contribution in [2.24, 2.45) is 5.41 Å². The van der Waals surface area contributed by atoms with E-state index in [0.29, 0.717) is 6.54 Å². The summed E-state index contributed by atoms with van der Waals surface area (Å²) in [4.78, 5) is 24.1. The average Bonchev–Trinajstić information content (AvgIpc) is 2.42. The summed E-state index contributed by atoms with van der Waals surface area (Å²) in [5.41, 5.74) is -1.97. The van der Waals surface area contributed by atoms with Crippen LogP contribution in [0.1, 0.15) is 33.6 Å². The van der Waals surface area contributed by atoms with E-state index < -0.39 is 34.6 Å². The number of amides is 2. The molecule has 0 fully saturated rings. The van der Waals surface area contributed by atoms with Crippen LogP contribution in [0.25, 0.3) is 0 Å². The number of rotatable bonds is 6. The lowest BCUT2D eigenvalue weighted by Crippen LogP contribution is -2.45. The first-order valence-electron chi connectivity index (χ1n) is 6.84. The molecule has 0 aromatic heterocycles. The van der Waals surface area contributed by atoms with E-state index in [1.807, 2.05) is 6.92 Å². The van der Waals surface area contributed by atoms with Crippen molar-refractivity contribution in [2.45, 2.75) is 33.6 Å². The van der Waals surface area contributed by atoms with Gasteiger partial charge in [-0.3, -0.25) is 9.59 Å². The average molecular weight is 298 g/mol. The fourth-order valence-corrected chi connectivity index (χ4v) is 1.59. The van der Waals surface area contributed by atoms with Gasteiger partial charge in [-0.1, -0.05) is 19.4 Å². The van der Waals surface area contributed by atoms with Crippen LogP contribution in [0, 0.1) is 17.0 Å². The largest absolute Gasteiger partial charge is 0.355 e. The van der Waals surface area contributed by atoms with Gasteiger partial charge in [-0.25, -0.2) is 8.78 Å². The summed E-state index contributed by atoms with van der Waals surface area (Å²) in [5, 5.41) is 4.77. The SMILES string of the molecule is CCCCNC(=O)C(C)(C)C(=O)Nc1c(F)cccc1F. The number of benzene rings is 1. The second-order valence-corrected chi connectivity index (χ2v) is 5.29. The van der Waals surface area contributed by atoms with Crippen LogP contribution in [0.4, 0.5) is 14.5 Å². The van der Waals surface area contributed by atoms with Crippen LogP contribution >= 0.6 is 0 Å². The Bertz CT molecular complexity index is 510. The maximum absolute atomic E-state index is 13.5. The molecular formula is C15H20F2N2O2. The van der Waals surface area contributed by atoms with Crippen molar-refractivity contribution in [1.82, 2.24) is 5.32 Å². The molecule has 1 aromatic carbocycles. The van der Waals surface area contributed by atoms with Crippen molar-refractivity contribution < 1.29 is 18.4 Å². The molecule has 21 heavy (non-hydrogen) atoms. The van der Waals surface area contributed by atoms with Gasteiger partial charge in [0.05, 0.1) is 0 Å². The molecule has 0 aliphatic heterocycles. The number of hydrogen-bond acceptors (Lipinski definition) is 2. The summed E-state index contributed by atoms with van der Waals surface area (Å²) in [7, 11) is 0. The first-order chi connectivity index (χ1) is 9.80. The number of halogens is 2. The second kappa shape index (κ2) is 7.15. The van der Waals surface area contributed by atoms with Gasteiger partial charge in [0.1, 0.15) is 22.7 Å². The minimum atomic E-state index is -1.43. The molecule has 0 aliphatic rings. The van der Waals surface area contributed by atoms with Crippen molar-refractivity contribution in [3.8, 4) is 0 Å². The maximum atomic E-state index is 13.5. The van der Waals surface area contributed by atoms with Gasteiger partial charge in [-0.15, -0.1) is 0 Å². The van der Waals surface area contributed by atoms with E-state index in [4.69, 9.17) is 0 Å². The molecule has 0 aliphatic carbocycles. The van der Waals surface area contributed by atoms with Gasteiger partial charge in [0, 0.05) is 6.54 Å². The molecule has 0 atom stereocenters. The third-order valence-corrected chi connectivity index (χ3v) is 3.15. The molecule has 0 unspecified atom stereocenters. The topological polar surface area (TPSA) is 58.2 Å². The molecule has 0 radical (unpaired) electrons. The Balaban J connectivity index is 2.79. The van der Waals surface area contributed by atoms with Crippen LogP contribution in [0.3, 0.4) is 0 Å². The summed E-state index contributed by atoms with van der Waals surface area (Å²) in [6, 6.07) is 3.27. The number of para-hydroxylation sites is 1. The number of unbranched alkanes of at least 4 members (excludes halogenated alkanes) is 1. The zero-order chi connectivity index (χ0) is 16.0. The van der Waals surface area contributed by atoms with Crippen LogP contribution in [0.5, 0.6) is 0 Å². The minimum absolute atomic E-state index is 0.458. The Labute approximate surface area is 122 Å². The van der Waals surface area contributed by atoms with Crippen molar-refractivity contribution in [3.05, 3.63) is 29.8 Å². The summed E-state index contributed by atoms with van der Waals surface area (Å²) in [6.07, 6.45) is 1.71. The highest BCUT2D eigenvalue weighted by atomic mass is 19.1. The normalized spacial score (nSPS) is 11.1. The molecule has 0 saturated carbocycles. The minimum Gasteiger partial charge on any atom is -0.355 e. The predicted octanol–water partition coefficient (Wildman–Crippen LogP) is 2.85. The third kappa shape index (κ3) is 4.24. The highest BCUT2D eigenvalue weighted by Crippen LogP contribution is 2.23. The molecular weight excluding hydrogens is 278 g/mol. The molecule has 1 rings (SSSR count). The summed E-state index contributed by atoms with van der Waals surface area (Å²) in [6.45, 7) is 5.25. The van der Waals surface area contributed by atoms with E-state index in [1.54, 1.807) is 0 Å². The molecule has 116 valence electrons. The molecule has 2 amide bonds. The maximum Gasteiger partial charge on any atom is 0.239 e. The Morgan fingerprint density at radius 1 is 1.14 bits per heavy atom. The van der Waals surface area contributed by atoms with E-state index in [0.717, 1.165) is 25.0 Å². The number of carbonyl (C=O) groups is 2. The van der Waals surface area contributed by atoms with Crippen LogP contribution in [0.2, 0.25) is 0 Å². The Hall–Kier alpha value is -1.98. The monoisotopic (exact) mass is 298 g/mol. The van der Waals surface area contributed by atoms with E-state index >= 15 is 0 Å². The molecule has 0 heterocycles. The van der Waals surface area contributed by atoms with Gasteiger partial charge in [0.2, 0.25) is 11.8 Å². The summed E-state index contributed by atoms with van der Waals surface area (Å²) >= 11 is 0. The van der Waals surface area contributed by atoms with Crippen molar-refractivity contribution in [2.75, 3.05) is 11.9 Å². The molecule has 0 bridgehead atoms. The molecule has 0 saturated heterocycles. The Morgan fingerprint density at radius 3 is 2.24 bits per heavy atom. The highest BCUT2D eigenvalue weighted by molar-refractivity contribution is 6.09. The van der Waals surface area contributed by atoms with Gasteiger partial charge in [0.15, 0.2) is 0 Å². The Morgan fingerprint density at radius 2 is 1.71 bits per heavy atom. The molecule has 2 N–H and O–H groups in total. The second-order valence-electron chi connectivity index (χ2n) is 5.29. The van der Waals surface area contributed by atoms with E-state index in [2.05, 4.69) is 10.6 Å². The number of nitrogens with one attached hydrogen (secondary N) is 2.